The summed E-state index contributed by atoms with van der Waals surface area (Å²) >= 11 is 0. The van der Waals surface area contributed by atoms with Crippen LogP contribution in [0.5, 0.6) is 0 Å². The normalized spacial score (nSPS) is 11.1. The van der Waals surface area contributed by atoms with Crippen molar-refractivity contribution in [3.8, 4) is 0 Å². The fourth-order valence-electron chi connectivity index (χ4n) is 0.984. The van der Waals surface area contributed by atoms with E-state index in [2.05, 4.69) is 11.4 Å². The Kier molecular flexibility index (Phi) is 5.76. The quantitative estimate of drug-likeness (QED) is 0.697. The second-order valence-electron chi connectivity index (χ2n) is 3.11. The summed E-state index contributed by atoms with van der Waals surface area (Å²) in [5.74, 6) is 0. The Morgan fingerprint density at radius 1 is 1.33 bits per heavy atom. The van der Waals surface area contributed by atoms with E-state index in [0.717, 1.165) is 18.2 Å². The molecule has 0 unspecified atom stereocenters. The summed E-state index contributed by atoms with van der Waals surface area (Å²) in [6.07, 6.45) is -4.30. The molecule has 0 aliphatic carbocycles. The average Bonchev–Trinajstić information content (AvgIpc) is 2.01. The largest absolute Gasteiger partial charge is 2.00 e. The maximum absolute atomic E-state index is 12.3. The Morgan fingerprint density at radius 2 is 1.93 bits per heavy atom. The van der Waals surface area contributed by atoms with Gasteiger partial charge in [0.2, 0.25) is 0 Å². The van der Waals surface area contributed by atoms with Gasteiger partial charge >= 0.3 is 37.3 Å². The van der Waals surface area contributed by atoms with Crippen molar-refractivity contribution >= 4 is 5.69 Å². The van der Waals surface area contributed by atoms with E-state index >= 15 is 0 Å². The van der Waals surface area contributed by atoms with Crippen LogP contribution >= 0.6 is 0 Å². The van der Waals surface area contributed by atoms with Gasteiger partial charge in [-0.2, -0.15) is 45.2 Å². The number of nitrogens with one attached hydrogen (secondary N) is 1. The van der Waals surface area contributed by atoms with Crippen LogP contribution in [0.2, 0.25) is 0 Å². The fraction of sp³-hybridized carbons (Fsp3) is 0.300. The molecule has 1 nitrogen and oxygen atoms in total. The van der Waals surface area contributed by atoms with Gasteiger partial charge in [0.1, 0.15) is 0 Å². The smallest absolute Gasteiger partial charge is 0.553 e. The molecule has 0 fully saturated rings. The SMILES string of the molecule is C[C-](C)Nc1[c-]ccc(C(F)(F)F)c1.[U+2]. The molecule has 0 radical (unpaired) electrons. The van der Waals surface area contributed by atoms with Crippen LogP contribution < -0.4 is 5.32 Å². The number of rotatable bonds is 2. The number of alkyl halides is 3. The van der Waals surface area contributed by atoms with Crippen molar-refractivity contribution in [1.82, 2.24) is 0 Å². The Balaban J connectivity index is 0.00000196. The zero-order valence-electron chi connectivity index (χ0n) is 8.37. The van der Waals surface area contributed by atoms with Crippen LogP contribution in [0.1, 0.15) is 19.4 Å². The van der Waals surface area contributed by atoms with E-state index in [0.29, 0.717) is 5.69 Å². The summed E-state index contributed by atoms with van der Waals surface area (Å²) in [5, 5.41) is 2.78. The van der Waals surface area contributed by atoms with Gasteiger partial charge < -0.3 is 5.32 Å². The number of hydrogen-bond acceptors (Lipinski definition) is 1. The molecule has 80 valence electrons. The number of halogens is 3. The molecule has 15 heavy (non-hydrogen) atoms. The Hall–Kier alpha value is -0.138. The standard InChI is InChI=1S/C10H10F3N.U/c1-7(2)14-9-5-3-4-8(6-9)10(11,12)13;/h3-4,6,14H,1-2H3;/q-2;+2. The summed E-state index contributed by atoms with van der Waals surface area (Å²) in [7, 11) is 0. The van der Waals surface area contributed by atoms with E-state index in [1.165, 1.54) is 6.07 Å². The van der Waals surface area contributed by atoms with Crippen LogP contribution in [-0.4, -0.2) is 0 Å². The Bertz CT molecular complexity index is 310. The van der Waals surface area contributed by atoms with Crippen LogP contribution in [0, 0.1) is 43.2 Å². The van der Waals surface area contributed by atoms with Gasteiger partial charge in [0, 0.05) is 0 Å². The maximum atomic E-state index is 12.3. The molecule has 0 atom stereocenters. The second kappa shape index (κ2) is 5.81. The molecular formula is C10H10F3NU. The molecular weight excluding hydrogens is 429 g/mol. The fourth-order valence-corrected chi connectivity index (χ4v) is 0.984. The zero-order chi connectivity index (χ0) is 10.8. The van der Waals surface area contributed by atoms with E-state index in [4.69, 9.17) is 0 Å². The molecule has 0 aliphatic rings. The van der Waals surface area contributed by atoms with E-state index < -0.39 is 11.7 Å². The Morgan fingerprint density at radius 3 is 2.40 bits per heavy atom. The van der Waals surface area contributed by atoms with Gasteiger partial charge in [-0.1, -0.05) is 5.56 Å². The van der Waals surface area contributed by atoms with Crippen molar-refractivity contribution in [2.24, 2.45) is 0 Å². The van der Waals surface area contributed by atoms with Crippen molar-refractivity contribution in [1.29, 1.82) is 0 Å². The third kappa shape index (κ3) is 4.94. The van der Waals surface area contributed by atoms with Gasteiger partial charge in [-0.3, -0.25) is 0 Å². The molecule has 0 bridgehead atoms. The van der Waals surface area contributed by atoms with Gasteiger partial charge in [-0.25, -0.2) is 6.04 Å². The first-order chi connectivity index (χ1) is 6.39. The molecule has 0 heterocycles. The number of hydrogen-bond donors (Lipinski definition) is 1. The third-order valence-corrected chi connectivity index (χ3v) is 1.51. The van der Waals surface area contributed by atoms with Crippen molar-refractivity contribution < 1.29 is 44.3 Å². The van der Waals surface area contributed by atoms with Crippen molar-refractivity contribution in [2.45, 2.75) is 20.0 Å². The summed E-state index contributed by atoms with van der Waals surface area (Å²) in [4.78, 5) is 0. The second-order valence-corrected chi connectivity index (χ2v) is 3.11. The van der Waals surface area contributed by atoms with E-state index in [9.17, 15) is 13.2 Å². The molecule has 0 aromatic heterocycles. The van der Waals surface area contributed by atoms with Crippen LogP contribution in [0.3, 0.4) is 0 Å². The Labute approximate surface area is 111 Å². The number of anilines is 1. The van der Waals surface area contributed by atoms with E-state index in [1.54, 1.807) is 13.8 Å². The van der Waals surface area contributed by atoms with Crippen LogP contribution in [0.25, 0.3) is 0 Å². The van der Waals surface area contributed by atoms with Crippen LogP contribution in [0.4, 0.5) is 18.9 Å². The molecule has 1 aromatic carbocycles. The predicted octanol–water partition coefficient (Wildman–Crippen LogP) is 3.49. The monoisotopic (exact) mass is 439 g/mol. The van der Waals surface area contributed by atoms with Gasteiger partial charge in [-0.15, -0.1) is 11.8 Å². The van der Waals surface area contributed by atoms with Gasteiger partial charge in [0.05, 0.1) is 0 Å². The first-order valence-corrected chi connectivity index (χ1v) is 4.05. The van der Waals surface area contributed by atoms with Crippen molar-refractivity contribution in [3.05, 3.63) is 35.9 Å². The summed E-state index contributed by atoms with van der Waals surface area (Å²) in [5.41, 5.74) is -0.333. The summed E-state index contributed by atoms with van der Waals surface area (Å²) < 4.78 is 36.8. The van der Waals surface area contributed by atoms with Crippen molar-refractivity contribution in [2.75, 3.05) is 5.32 Å². The van der Waals surface area contributed by atoms with E-state index in [1.807, 2.05) is 0 Å². The molecule has 0 saturated heterocycles. The molecule has 1 aromatic rings. The predicted molar refractivity (Wildman–Crippen MR) is 48.5 cm³/mol. The molecule has 1 N–H and O–H groups in total. The molecule has 1 rings (SSSR count). The minimum atomic E-state index is -4.30. The third-order valence-electron chi connectivity index (χ3n) is 1.51. The van der Waals surface area contributed by atoms with Gasteiger partial charge in [0.25, 0.3) is 0 Å². The van der Waals surface area contributed by atoms with Crippen molar-refractivity contribution in [3.63, 3.8) is 0 Å². The van der Waals surface area contributed by atoms with Crippen LogP contribution in [-0.2, 0) is 6.18 Å². The summed E-state index contributed by atoms with van der Waals surface area (Å²) in [6.45, 7) is 3.54. The molecule has 0 amide bonds. The van der Waals surface area contributed by atoms with E-state index in [-0.39, 0.29) is 31.1 Å². The molecule has 5 heteroatoms. The maximum Gasteiger partial charge on any atom is 2.00 e. The molecule has 0 aliphatic heterocycles. The topological polar surface area (TPSA) is 12.0 Å². The molecule has 0 saturated carbocycles. The minimum absolute atomic E-state index is 0. The summed E-state index contributed by atoms with van der Waals surface area (Å²) in [6, 6.07) is 6.79. The zero-order valence-corrected chi connectivity index (χ0v) is 12.5. The minimum Gasteiger partial charge on any atom is -0.553 e. The first kappa shape index (κ1) is 14.9. The molecule has 0 spiro atoms. The van der Waals surface area contributed by atoms with Crippen LogP contribution in [0.15, 0.2) is 18.2 Å². The average molecular weight is 439 g/mol. The van der Waals surface area contributed by atoms with Gasteiger partial charge in [-0.05, 0) is 0 Å². The number of benzene rings is 1. The first-order valence-electron chi connectivity index (χ1n) is 4.05. The van der Waals surface area contributed by atoms with Gasteiger partial charge in [0.15, 0.2) is 0 Å².